The number of alkyl halides is 3. The van der Waals surface area contributed by atoms with Crippen LogP contribution in [0.4, 0.5) is 13.2 Å². The van der Waals surface area contributed by atoms with Gasteiger partial charge in [0.15, 0.2) is 0 Å². The van der Waals surface area contributed by atoms with Crippen molar-refractivity contribution in [1.29, 1.82) is 0 Å². The summed E-state index contributed by atoms with van der Waals surface area (Å²) in [5.41, 5.74) is 2.25. The van der Waals surface area contributed by atoms with Gasteiger partial charge in [0.25, 0.3) is 5.91 Å². The Labute approximate surface area is 154 Å². The average molecular weight is 381 g/mol. The number of hydrogen-bond donors (Lipinski definition) is 0. The van der Waals surface area contributed by atoms with Crippen LogP contribution in [0.3, 0.4) is 0 Å². The van der Waals surface area contributed by atoms with Gasteiger partial charge >= 0.3 is 6.18 Å². The summed E-state index contributed by atoms with van der Waals surface area (Å²) in [6, 6.07) is 8.43. The highest BCUT2D eigenvalue weighted by Crippen LogP contribution is 2.38. The number of hydrogen-bond acceptors (Lipinski definition) is 2. The molecule has 0 aromatic heterocycles. The van der Waals surface area contributed by atoms with E-state index >= 15 is 0 Å². The Morgan fingerprint density at radius 1 is 1.08 bits per heavy atom. The normalized spacial score (nSPS) is 17.0. The van der Waals surface area contributed by atoms with E-state index in [1.54, 1.807) is 6.07 Å². The first-order valence-corrected chi connectivity index (χ1v) is 8.58. The molecule has 2 aliphatic heterocycles. The summed E-state index contributed by atoms with van der Waals surface area (Å²) in [5.74, 6) is -0.358. The third kappa shape index (κ3) is 2.97. The minimum absolute atomic E-state index is 0.00303. The van der Waals surface area contributed by atoms with Crippen molar-refractivity contribution in [2.45, 2.75) is 32.4 Å². The second-order valence-electron chi connectivity index (χ2n) is 6.89. The van der Waals surface area contributed by atoms with Crippen molar-refractivity contribution in [3.8, 4) is 0 Å². The Morgan fingerprint density at radius 2 is 1.81 bits per heavy atom. The SMILES string of the molecule is CN1Cc2c(cc(CN3Cc4ccc(Cl)cc4C3)cc2C(F)(F)F)C1=O. The van der Waals surface area contributed by atoms with Crippen molar-refractivity contribution in [1.82, 2.24) is 9.80 Å². The second kappa shape index (κ2) is 5.99. The molecule has 2 aromatic rings. The third-order valence-electron chi connectivity index (χ3n) is 4.95. The van der Waals surface area contributed by atoms with Gasteiger partial charge in [-0.15, -0.1) is 0 Å². The maximum absolute atomic E-state index is 13.5. The number of halogens is 4. The molecule has 0 saturated heterocycles. The van der Waals surface area contributed by atoms with Gasteiger partial charge in [0.05, 0.1) is 5.56 Å². The lowest BCUT2D eigenvalue weighted by atomic mass is 9.98. The zero-order valence-electron chi connectivity index (χ0n) is 14.0. The molecular weight excluding hydrogens is 365 g/mol. The van der Waals surface area contributed by atoms with E-state index < -0.39 is 11.7 Å². The Bertz CT molecular complexity index is 910. The largest absolute Gasteiger partial charge is 0.416 e. The first-order valence-electron chi connectivity index (χ1n) is 8.20. The molecule has 0 N–H and O–H groups in total. The zero-order chi connectivity index (χ0) is 18.6. The number of benzene rings is 2. The van der Waals surface area contributed by atoms with Gasteiger partial charge in [0.1, 0.15) is 0 Å². The average Bonchev–Trinajstić information content (AvgIpc) is 3.07. The van der Waals surface area contributed by atoms with E-state index in [1.807, 2.05) is 23.1 Å². The summed E-state index contributed by atoms with van der Waals surface area (Å²) in [7, 11) is 1.52. The molecule has 2 heterocycles. The van der Waals surface area contributed by atoms with Gasteiger partial charge in [-0.25, -0.2) is 0 Å². The lowest BCUT2D eigenvalue weighted by molar-refractivity contribution is -0.138. The van der Waals surface area contributed by atoms with Crippen molar-refractivity contribution >= 4 is 17.5 Å². The fourth-order valence-corrected chi connectivity index (χ4v) is 3.95. The van der Waals surface area contributed by atoms with Crippen molar-refractivity contribution in [2.24, 2.45) is 0 Å². The molecular formula is C19H16ClF3N2O. The van der Waals surface area contributed by atoms with Crippen LogP contribution in [0.5, 0.6) is 0 Å². The summed E-state index contributed by atoms with van der Waals surface area (Å²) in [6.45, 7) is 1.62. The van der Waals surface area contributed by atoms with E-state index in [0.29, 0.717) is 30.2 Å². The number of nitrogens with zero attached hydrogens (tertiary/aromatic N) is 2. The number of carbonyl (C=O) groups excluding carboxylic acids is 1. The molecule has 0 radical (unpaired) electrons. The number of rotatable bonds is 2. The quantitative estimate of drug-likeness (QED) is 0.768. The summed E-state index contributed by atoms with van der Waals surface area (Å²) in [6.07, 6.45) is -4.48. The molecule has 1 amide bonds. The fraction of sp³-hybridized carbons (Fsp3) is 0.316. The van der Waals surface area contributed by atoms with Crippen molar-refractivity contribution in [3.63, 3.8) is 0 Å². The first-order chi connectivity index (χ1) is 12.2. The summed E-state index contributed by atoms with van der Waals surface area (Å²) in [5, 5.41) is 0.649. The number of carbonyl (C=O) groups is 1. The minimum Gasteiger partial charge on any atom is -0.337 e. The van der Waals surface area contributed by atoms with E-state index in [-0.39, 0.29) is 23.6 Å². The van der Waals surface area contributed by atoms with Crippen LogP contribution in [-0.4, -0.2) is 22.8 Å². The van der Waals surface area contributed by atoms with Crippen LogP contribution in [-0.2, 0) is 32.4 Å². The van der Waals surface area contributed by atoms with Crippen LogP contribution in [0.15, 0.2) is 30.3 Å². The molecule has 0 aliphatic carbocycles. The van der Waals surface area contributed by atoms with E-state index in [2.05, 4.69) is 0 Å². The van der Waals surface area contributed by atoms with Crippen molar-refractivity contribution in [2.75, 3.05) is 7.05 Å². The van der Waals surface area contributed by atoms with Gasteiger partial charge in [-0.2, -0.15) is 13.2 Å². The van der Waals surface area contributed by atoms with Crippen molar-refractivity contribution < 1.29 is 18.0 Å². The summed E-state index contributed by atoms with van der Waals surface area (Å²) < 4.78 is 40.5. The van der Waals surface area contributed by atoms with Crippen LogP contribution in [0.1, 0.15) is 38.2 Å². The Hall–Kier alpha value is -2.05. The topological polar surface area (TPSA) is 23.6 Å². The van der Waals surface area contributed by atoms with Gasteiger partial charge in [0.2, 0.25) is 0 Å². The van der Waals surface area contributed by atoms with Crippen LogP contribution >= 0.6 is 11.6 Å². The van der Waals surface area contributed by atoms with Crippen molar-refractivity contribution in [3.05, 3.63) is 68.7 Å². The zero-order valence-corrected chi connectivity index (χ0v) is 14.8. The van der Waals surface area contributed by atoms with Gasteiger partial charge in [-0.05, 0) is 46.5 Å². The summed E-state index contributed by atoms with van der Waals surface area (Å²) in [4.78, 5) is 15.6. The predicted molar refractivity (Wildman–Crippen MR) is 91.6 cm³/mol. The second-order valence-corrected chi connectivity index (χ2v) is 7.32. The Balaban J connectivity index is 1.65. The molecule has 4 rings (SSSR count). The highest BCUT2D eigenvalue weighted by molar-refractivity contribution is 6.30. The molecule has 0 atom stereocenters. The lowest BCUT2D eigenvalue weighted by Gasteiger charge is -2.18. The predicted octanol–water partition coefficient (Wildman–Crippen LogP) is 4.46. The van der Waals surface area contributed by atoms with E-state index in [0.717, 1.165) is 11.1 Å². The molecule has 26 heavy (non-hydrogen) atoms. The molecule has 0 saturated carbocycles. The Morgan fingerprint density at radius 3 is 2.54 bits per heavy atom. The van der Waals surface area contributed by atoms with Gasteiger partial charge in [-0.1, -0.05) is 17.7 Å². The van der Waals surface area contributed by atoms with Crippen LogP contribution < -0.4 is 0 Å². The number of fused-ring (bicyclic) bond motifs is 2. The highest BCUT2D eigenvalue weighted by Gasteiger charge is 2.39. The van der Waals surface area contributed by atoms with Gasteiger partial charge in [0, 0.05) is 43.8 Å². The summed E-state index contributed by atoms with van der Waals surface area (Å²) >= 11 is 6.01. The highest BCUT2D eigenvalue weighted by atomic mass is 35.5. The van der Waals surface area contributed by atoms with E-state index in [1.165, 1.54) is 18.0 Å². The van der Waals surface area contributed by atoms with Gasteiger partial charge in [-0.3, -0.25) is 9.69 Å². The monoisotopic (exact) mass is 380 g/mol. The molecule has 7 heteroatoms. The fourth-order valence-electron chi connectivity index (χ4n) is 3.76. The molecule has 2 aliphatic rings. The molecule has 136 valence electrons. The maximum atomic E-state index is 13.5. The molecule has 3 nitrogen and oxygen atoms in total. The number of amides is 1. The van der Waals surface area contributed by atoms with E-state index in [9.17, 15) is 18.0 Å². The third-order valence-corrected chi connectivity index (χ3v) is 5.18. The lowest BCUT2D eigenvalue weighted by Crippen LogP contribution is -2.18. The Kier molecular flexibility index (Phi) is 4.00. The minimum atomic E-state index is -4.48. The van der Waals surface area contributed by atoms with Crippen LogP contribution in [0.2, 0.25) is 5.02 Å². The van der Waals surface area contributed by atoms with E-state index in [4.69, 9.17) is 11.6 Å². The molecule has 0 bridgehead atoms. The molecule has 0 unspecified atom stereocenters. The smallest absolute Gasteiger partial charge is 0.337 e. The van der Waals surface area contributed by atoms with Crippen LogP contribution in [0, 0.1) is 0 Å². The molecule has 0 fully saturated rings. The first kappa shape index (κ1) is 17.4. The molecule has 2 aromatic carbocycles. The van der Waals surface area contributed by atoms with Gasteiger partial charge < -0.3 is 4.90 Å². The maximum Gasteiger partial charge on any atom is 0.416 e. The molecule has 0 spiro atoms. The van der Waals surface area contributed by atoms with Crippen LogP contribution in [0.25, 0.3) is 0 Å². The standard InChI is InChI=1S/C19H16ClF3N2O/c1-24-10-16-15(18(24)26)4-11(5-17(16)19(21,22)23)7-25-8-12-2-3-14(20)6-13(12)9-25/h2-6H,7-10H2,1H3.